The molecule has 3 aromatic carbocycles. The molecule has 0 aromatic heterocycles. The molecule has 1 aliphatic rings. The van der Waals surface area contributed by atoms with Gasteiger partial charge in [-0.1, -0.05) is 47.1 Å². The second-order valence-electron chi connectivity index (χ2n) is 7.34. The van der Waals surface area contributed by atoms with Gasteiger partial charge in [0.25, 0.3) is 11.8 Å². The fourth-order valence-corrected chi connectivity index (χ4v) is 4.44. The van der Waals surface area contributed by atoms with E-state index in [1.54, 1.807) is 42.5 Å². The van der Waals surface area contributed by atoms with Gasteiger partial charge in [0, 0.05) is 20.6 Å². The summed E-state index contributed by atoms with van der Waals surface area (Å²) in [5, 5.41) is 3.87. The van der Waals surface area contributed by atoms with Gasteiger partial charge in [0.2, 0.25) is 0 Å². The van der Waals surface area contributed by atoms with Crippen molar-refractivity contribution in [2.75, 3.05) is 10.2 Å². The first-order valence-electron chi connectivity index (χ1n) is 9.81. The Morgan fingerprint density at radius 2 is 1.62 bits per heavy atom. The topological polar surface area (TPSA) is 49.4 Å². The largest absolute Gasteiger partial charge is 0.416 e. The average Bonchev–Trinajstić information content (AvgIpc) is 3.01. The maximum absolute atomic E-state index is 13.3. The van der Waals surface area contributed by atoms with Crippen LogP contribution in [0.3, 0.4) is 0 Å². The predicted octanol–water partition coefficient (Wildman–Crippen LogP) is 7.31. The molecular formula is C24H15Cl2F3N2O2S. The van der Waals surface area contributed by atoms with Gasteiger partial charge in [0.15, 0.2) is 0 Å². The van der Waals surface area contributed by atoms with Gasteiger partial charge in [-0.3, -0.25) is 9.59 Å². The van der Waals surface area contributed by atoms with E-state index in [-0.39, 0.29) is 16.3 Å². The number of halogens is 5. The van der Waals surface area contributed by atoms with Crippen molar-refractivity contribution in [2.24, 2.45) is 0 Å². The Hall–Kier alpha value is -2.94. The quantitative estimate of drug-likeness (QED) is 0.357. The van der Waals surface area contributed by atoms with Gasteiger partial charge in [-0.2, -0.15) is 13.2 Å². The maximum atomic E-state index is 13.3. The summed E-state index contributed by atoms with van der Waals surface area (Å²) in [6, 6.07) is 15.7. The van der Waals surface area contributed by atoms with Crippen molar-refractivity contribution in [3.63, 3.8) is 0 Å². The number of hydrogen-bond acceptors (Lipinski definition) is 4. The summed E-state index contributed by atoms with van der Waals surface area (Å²) >= 11 is 13.1. The molecule has 34 heavy (non-hydrogen) atoms. The Balaban J connectivity index is 1.76. The first-order chi connectivity index (χ1) is 16.0. The van der Waals surface area contributed by atoms with Crippen LogP contribution >= 0.6 is 35.0 Å². The molecule has 0 fully saturated rings. The standard InChI is InChI=1S/C24H15Cl2F3N2O2S/c1-13-5-8-16(12-19(13)26)30-20-21(34-18-9-6-15(25)7-10-18)23(33)31(22(20)32)17-4-2-3-14(11-17)24(27,28)29/h2-12,30H,1H3. The molecule has 2 amide bonds. The van der Waals surface area contributed by atoms with Crippen LogP contribution in [-0.4, -0.2) is 11.8 Å². The van der Waals surface area contributed by atoms with E-state index in [1.165, 1.54) is 6.07 Å². The molecule has 1 N–H and O–H groups in total. The van der Waals surface area contributed by atoms with Gasteiger partial charge in [-0.25, -0.2) is 4.90 Å². The van der Waals surface area contributed by atoms with Gasteiger partial charge in [0.05, 0.1) is 11.3 Å². The maximum Gasteiger partial charge on any atom is 0.416 e. The van der Waals surface area contributed by atoms with Crippen molar-refractivity contribution >= 4 is 58.2 Å². The number of rotatable bonds is 5. The van der Waals surface area contributed by atoms with Crippen LogP contribution in [0.5, 0.6) is 0 Å². The third-order valence-corrected chi connectivity index (χ3v) is 6.70. The Bertz CT molecular complexity index is 1320. The molecule has 10 heteroatoms. The van der Waals surface area contributed by atoms with E-state index in [4.69, 9.17) is 23.2 Å². The second kappa shape index (κ2) is 9.37. The number of anilines is 2. The predicted molar refractivity (Wildman–Crippen MR) is 128 cm³/mol. The Morgan fingerprint density at radius 3 is 2.26 bits per heavy atom. The van der Waals surface area contributed by atoms with E-state index >= 15 is 0 Å². The molecule has 0 aliphatic carbocycles. The van der Waals surface area contributed by atoms with Crippen LogP contribution in [0.2, 0.25) is 10.0 Å². The monoisotopic (exact) mass is 522 g/mol. The van der Waals surface area contributed by atoms with E-state index in [9.17, 15) is 22.8 Å². The van der Waals surface area contributed by atoms with Crippen LogP contribution in [0.25, 0.3) is 0 Å². The highest BCUT2D eigenvalue weighted by Crippen LogP contribution is 2.40. The molecule has 0 unspecified atom stereocenters. The molecule has 1 heterocycles. The highest BCUT2D eigenvalue weighted by Gasteiger charge is 2.41. The summed E-state index contributed by atoms with van der Waals surface area (Å²) in [6.45, 7) is 1.81. The molecule has 4 rings (SSSR count). The number of benzene rings is 3. The number of hydrogen-bond donors (Lipinski definition) is 1. The molecule has 0 atom stereocenters. The lowest BCUT2D eigenvalue weighted by atomic mass is 10.2. The van der Waals surface area contributed by atoms with Crippen LogP contribution < -0.4 is 10.2 Å². The van der Waals surface area contributed by atoms with E-state index in [2.05, 4.69) is 5.32 Å². The molecule has 0 saturated carbocycles. The van der Waals surface area contributed by atoms with Crippen LogP contribution in [0.15, 0.2) is 82.2 Å². The van der Waals surface area contributed by atoms with Gasteiger partial charge >= 0.3 is 6.18 Å². The lowest BCUT2D eigenvalue weighted by Gasteiger charge is -2.17. The highest BCUT2D eigenvalue weighted by molar-refractivity contribution is 8.04. The SMILES string of the molecule is Cc1ccc(NC2=C(Sc3ccc(Cl)cc3)C(=O)N(c3cccc(C(F)(F)F)c3)C2=O)cc1Cl. The molecule has 3 aromatic rings. The van der Waals surface area contributed by atoms with Crippen molar-refractivity contribution in [3.05, 3.63) is 98.5 Å². The number of carbonyl (C=O) groups excluding carboxylic acids is 2. The van der Waals surface area contributed by atoms with Crippen molar-refractivity contribution in [1.82, 2.24) is 0 Å². The Morgan fingerprint density at radius 1 is 0.912 bits per heavy atom. The zero-order valence-corrected chi connectivity index (χ0v) is 19.7. The number of thioether (sulfide) groups is 1. The molecular weight excluding hydrogens is 508 g/mol. The minimum absolute atomic E-state index is 0.0291. The van der Waals surface area contributed by atoms with Crippen molar-refractivity contribution in [2.45, 2.75) is 18.0 Å². The molecule has 0 saturated heterocycles. The Labute approximate surface area is 207 Å². The number of aryl methyl sites for hydroxylation is 1. The molecule has 0 spiro atoms. The van der Waals surface area contributed by atoms with E-state index in [1.807, 2.05) is 6.92 Å². The van der Waals surface area contributed by atoms with Crippen LogP contribution in [-0.2, 0) is 15.8 Å². The van der Waals surface area contributed by atoms with E-state index in [0.29, 0.717) is 20.6 Å². The number of nitrogens with one attached hydrogen (secondary N) is 1. The normalized spacial score (nSPS) is 14.2. The third-order valence-electron chi connectivity index (χ3n) is 4.95. The van der Waals surface area contributed by atoms with Crippen LogP contribution in [0.1, 0.15) is 11.1 Å². The second-order valence-corrected chi connectivity index (χ2v) is 9.27. The van der Waals surface area contributed by atoms with Crippen molar-refractivity contribution < 1.29 is 22.8 Å². The van der Waals surface area contributed by atoms with E-state index in [0.717, 1.165) is 40.4 Å². The van der Waals surface area contributed by atoms with E-state index < -0.39 is 23.6 Å². The fraction of sp³-hybridized carbons (Fsp3) is 0.0833. The molecule has 0 bridgehead atoms. The Kier molecular flexibility index (Phi) is 6.66. The number of imide groups is 1. The minimum atomic E-state index is -4.63. The molecule has 4 nitrogen and oxygen atoms in total. The van der Waals surface area contributed by atoms with Crippen LogP contribution in [0.4, 0.5) is 24.5 Å². The van der Waals surface area contributed by atoms with Gasteiger partial charge in [-0.15, -0.1) is 0 Å². The van der Waals surface area contributed by atoms with Crippen LogP contribution in [0, 0.1) is 6.92 Å². The first-order valence-corrected chi connectivity index (χ1v) is 11.4. The number of amides is 2. The first kappa shape index (κ1) is 24.2. The highest BCUT2D eigenvalue weighted by atomic mass is 35.5. The zero-order valence-electron chi connectivity index (χ0n) is 17.4. The lowest BCUT2D eigenvalue weighted by molar-refractivity contribution is -0.137. The summed E-state index contributed by atoms with van der Waals surface area (Å²) in [7, 11) is 0. The fourth-order valence-electron chi connectivity index (χ4n) is 3.21. The van der Waals surface area contributed by atoms with Gasteiger partial charge in [-0.05, 0) is 67.1 Å². The number of carbonyl (C=O) groups is 2. The summed E-state index contributed by atoms with van der Waals surface area (Å²) in [4.78, 5) is 28.0. The smallest absolute Gasteiger partial charge is 0.350 e. The molecule has 0 radical (unpaired) electrons. The summed E-state index contributed by atoms with van der Waals surface area (Å²) in [5.74, 6) is -1.53. The summed E-state index contributed by atoms with van der Waals surface area (Å²) in [5.41, 5.74) is 0.0486. The lowest BCUT2D eigenvalue weighted by Crippen LogP contribution is -2.32. The average molecular weight is 523 g/mol. The summed E-state index contributed by atoms with van der Waals surface area (Å²) in [6.07, 6.45) is -4.63. The minimum Gasteiger partial charge on any atom is -0.350 e. The van der Waals surface area contributed by atoms with Crippen molar-refractivity contribution in [1.29, 1.82) is 0 Å². The van der Waals surface area contributed by atoms with Crippen molar-refractivity contribution in [3.8, 4) is 0 Å². The molecule has 1 aliphatic heterocycles. The zero-order chi connectivity index (χ0) is 24.6. The summed E-state index contributed by atoms with van der Waals surface area (Å²) < 4.78 is 39.7. The molecule has 174 valence electrons. The third kappa shape index (κ3) is 4.94. The van der Waals surface area contributed by atoms with Gasteiger partial charge in [0.1, 0.15) is 10.6 Å². The van der Waals surface area contributed by atoms with Gasteiger partial charge < -0.3 is 5.32 Å². The number of alkyl halides is 3. The number of nitrogens with zero attached hydrogens (tertiary/aromatic N) is 1.